The zero-order valence-corrected chi connectivity index (χ0v) is 47.4. The monoisotopic (exact) mass is 1000 g/mol. The molecule has 408 valence electrons. The van der Waals surface area contributed by atoms with Gasteiger partial charge in [-0.3, -0.25) is 18.6 Å². The smallest absolute Gasteiger partial charge is 0.456 e. The molecule has 10 heteroatoms. The molecule has 0 saturated carbocycles. The molecule has 0 aromatic rings. The molecule has 70 heavy (non-hydrogen) atoms. The van der Waals surface area contributed by atoms with Crippen molar-refractivity contribution in [3.63, 3.8) is 0 Å². The van der Waals surface area contributed by atoms with E-state index in [4.69, 9.17) is 13.8 Å². The highest BCUT2D eigenvalue weighted by molar-refractivity contribution is 7.47. The number of nitrogens with one attached hydrogen (secondary N) is 1. The number of carbonyl (C=O) groups is 2. The number of nitrogens with zero attached hydrogens (tertiary/aromatic N) is 1. The predicted octanol–water partition coefficient (Wildman–Crippen LogP) is 17.5. The van der Waals surface area contributed by atoms with Crippen molar-refractivity contribution < 1.29 is 37.3 Å². The summed E-state index contributed by atoms with van der Waals surface area (Å²) in [5.74, 6) is -0.566. The van der Waals surface area contributed by atoms with E-state index in [1.54, 1.807) is 0 Å². The third-order valence-electron chi connectivity index (χ3n) is 12.7. The lowest BCUT2D eigenvalue weighted by Crippen LogP contribution is -2.47. The molecule has 3 atom stereocenters. The first-order chi connectivity index (χ1) is 33.9. The zero-order chi connectivity index (χ0) is 51.5. The fourth-order valence-electron chi connectivity index (χ4n) is 8.17. The van der Waals surface area contributed by atoms with Crippen LogP contribution in [0.5, 0.6) is 0 Å². The van der Waals surface area contributed by atoms with Crippen LogP contribution in [0, 0.1) is 0 Å². The number of amides is 1. The van der Waals surface area contributed by atoms with E-state index in [0.29, 0.717) is 17.4 Å². The van der Waals surface area contributed by atoms with Gasteiger partial charge in [-0.05, 0) is 70.3 Å². The van der Waals surface area contributed by atoms with Crippen molar-refractivity contribution in [1.29, 1.82) is 0 Å². The fourth-order valence-corrected chi connectivity index (χ4v) is 8.90. The minimum Gasteiger partial charge on any atom is -0.456 e. The molecule has 0 aromatic carbocycles. The van der Waals surface area contributed by atoms with Crippen molar-refractivity contribution in [2.75, 3.05) is 40.9 Å². The van der Waals surface area contributed by atoms with Crippen LogP contribution < -0.4 is 5.32 Å². The van der Waals surface area contributed by atoms with Gasteiger partial charge in [0, 0.05) is 12.8 Å². The summed E-state index contributed by atoms with van der Waals surface area (Å²) in [5.41, 5.74) is 0. The summed E-state index contributed by atoms with van der Waals surface area (Å²) >= 11 is 0. The number of carbonyl (C=O) groups excluding carboxylic acids is 2. The summed E-state index contributed by atoms with van der Waals surface area (Å²) in [6.07, 6.45) is 62.2. The molecule has 9 nitrogen and oxygen atoms in total. The number of phosphoric acid groups is 1. The van der Waals surface area contributed by atoms with Crippen molar-refractivity contribution in [3.8, 4) is 0 Å². The first-order valence-corrected chi connectivity index (χ1v) is 30.6. The highest BCUT2D eigenvalue weighted by Gasteiger charge is 2.30. The molecule has 0 rings (SSSR count). The molecule has 0 aromatic heterocycles. The predicted molar refractivity (Wildman–Crippen MR) is 300 cm³/mol. The van der Waals surface area contributed by atoms with Gasteiger partial charge >= 0.3 is 13.8 Å². The molecule has 0 aliphatic rings. The summed E-state index contributed by atoms with van der Waals surface area (Å²) in [6.45, 7) is 6.95. The highest BCUT2D eigenvalue weighted by Crippen LogP contribution is 2.43. The van der Waals surface area contributed by atoms with E-state index in [1.165, 1.54) is 154 Å². The molecule has 0 fully saturated rings. The Balaban J connectivity index is 5.42. The van der Waals surface area contributed by atoms with Gasteiger partial charge in [0.25, 0.3) is 0 Å². The van der Waals surface area contributed by atoms with Gasteiger partial charge in [0.1, 0.15) is 19.3 Å². The molecule has 0 aliphatic carbocycles. The van der Waals surface area contributed by atoms with Crippen molar-refractivity contribution in [2.45, 2.75) is 270 Å². The van der Waals surface area contributed by atoms with Crippen LogP contribution in [-0.4, -0.2) is 74.3 Å². The first-order valence-electron chi connectivity index (χ1n) is 29.1. The Kier molecular flexibility index (Phi) is 48.6. The van der Waals surface area contributed by atoms with E-state index in [1.807, 2.05) is 33.3 Å². The second kappa shape index (κ2) is 50.3. The van der Waals surface area contributed by atoms with Crippen LogP contribution in [0.25, 0.3) is 0 Å². The lowest BCUT2D eigenvalue weighted by atomic mass is 10.0. The van der Waals surface area contributed by atoms with Gasteiger partial charge in [0.15, 0.2) is 0 Å². The minimum atomic E-state index is -4.46. The highest BCUT2D eigenvalue weighted by atomic mass is 31.2. The summed E-state index contributed by atoms with van der Waals surface area (Å²) < 4.78 is 30.6. The van der Waals surface area contributed by atoms with Crippen molar-refractivity contribution in [2.24, 2.45) is 0 Å². The Bertz CT molecular complexity index is 1390. The van der Waals surface area contributed by atoms with Gasteiger partial charge in [-0.1, -0.05) is 236 Å². The van der Waals surface area contributed by atoms with Crippen LogP contribution in [0.2, 0.25) is 0 Å². The average molecular weight is 1000 g/mol. The van der Waals surface area contributed by atoms with E-state index in [0.717, 1.165) is 64.2 Å². The van der Waals surface area contributed by atoms with E-state index in [-0.39, 0.29) is 37.9 Å². The van der Waals surface area contributed by atoms with E-state index >= 15 is 0 Å². The Hall–Kier alpha value is -2.29. The number of hydrogen-bond donors (Lipinski definition) is 2. The van der Waals surface area contributed by atoms with E-state index in [9.17, 15) is 19.0 Å². The van der Waals surface area contributed by atoms with Crippen LogP contribution in [0.15, 0.2) is 60.8 Å². The Morgan fingerprint density at radius 1 is 0.500 bits per heavy atom. The zero-order valence-electron chi connectivity index (χ0n) is 46.5. The summed E-state index contributed by atoms with van der Waals surface area (Å²) in [4.78, 5) is 37.6. The minimum absolute atomic E-state index is 0.0300. The summed E-state index contributed by atoms with van der Waals surface area (Å²) in [7, 11) is 1.46. The van der Waals surface area contributed by atoms with Gasteiger partial charge in [0.2, 0.25) is 5.91 Å². The maximum Gasteiger partial charge on any atom is 0.472 e. The average Bonchev–Trinajstić information content (AvgIpc) is 3.32. The normalized spacial score (nSPS) is 14.2. The lowest BCUT2D eigenvalue weighted by molar-refractivity contribution is -0.870. The SMILES string of the molecule is CCCCC/C=C\C/C=C\C/C=C\C/C=C\CCCC(=O)NC(COP(=O)(O)OCC[N+](C)(C)C)C(/C=C/CCCCCCCCCCCC)OC(=O)CCCCCCCCCCCCCCCCC. The van der Waals surface area contributed by atoms with Crippen LogP contribution in [-0.2, 0) is 27.9 Å². The van der Waals surface area contributed by atoms with Gasteiger partial charge in [0.05, 0.1) is 33.8 Å². The third-order valence-corrected chi connectivity index (χ3v) is 13.7. The number of unbranched alkanes of at least 4 members (excludes halogenated alkanes) is 28. The van der Waals surface area contributed by atoms with E-state index < -0.39 is 20.0 Å². The first kappa shape index (κ1) is 67.7. The standard InChI is InChI=1S/C60H111N2O7P/c1-7-10-13-16-19-22-25-28-30-31-33-34-37-40-43-46-49-52-59(63)61-57(56-68-70(65,66)67-55-54-62(4,5)6)58(51-48-45-42-39-36-27-24-21-18-15-12-9-3)69-60(64)53-50-47-44-41-38-35-32-29-26-23-20-17-14-11-8-2/h19,22,28,30,33-34,40,43,48,51,57-58H,7-18,20-21,23-27,29,31-32,35-39,41-42,44-47,49-50,52-56H2,1-6H3,(H-,61,63,65,66)/p+1/b22-19-,30-28-,34-33-,43-40-,51-48+. The maximum absolute atomic E-state index is 13.5. The molecule has 2 N–H and O–H groups in total. The van der Waals surface area contributed by atoms with Crippen LogP contribution in [0.1, 0.15) is 258 Å². The van der Waals surface area contributed by atoms with Crippen LogP contribution in [0.3, 0.4) is 0 Å². The number of likely N-dealkylation sites (N-methyl/N-ethyl adjacent to an activating group) is 1. The van der Waals surface area contributed by atoms with Crippen LogP contribution in [0.4, 0.5) is 0 Å². The Morgan fingerprint density at radius 2 is 0.886 bits per heavy atom. The van der Waals surface area contributed by atoms with Crippen molar-refractivity contribution >= 4 is 19.7 Å². The number of allylic oxidation sites excluding steroid dienone is 9. The maximum atomic E-state index is 13.5. The van der Waals surface area contributed by atoms with Crippen molar-refractivity contribution in [3.05, 3.63) is 60.8 Å². The quantitative estimate of drug-likeness (QED) is 0.0205. The molecular formula is C60H112N2O7P+. The number of quaternary nitrogens is 1. The number of phosphoric ester groups is 1. The summed E-state index contributed by atoms with van der Waals surface area (Å²) in [5, 5.41) is 3.02. The Labute approximate surface area is 432 Å². The molecular weight excluding hydrogens is 892 g/mol. The Morgan fingerprint density at radius 3 is 1.36 bits per heavy atom. The lowest BCUT2D eigenvalue weighted by Gasteiger charge is -2.27. The number of esters is 1. The topological polar surface area (TPSA) is 111 Å². The molecule has 0 spiro atoms. The molecule has 0 radical (unpaired) electrons. The molecule has 0 bridgehead atoms. The van der Waals surface area contributed by atoms with Crippen molar-refractivity contribution in [1.82, 2.24) is 5.32 Å². The van der Waals surface area contributed by atoms with Gasteiger partial charge in [-0.15, -0.1) is 0 Å². The third kappa shape index (κ3) is 50.6. The summed E-state index contributed by atoms with van der Waals surface area (Å²) in [6, 6.07) is -0.875. The van der Waals surface area contributed by atoms with Gasteiger partial charge < -0.3 is 19.4 Å². The fraction of sp³-hybridized carbons (Fsp3) is 0.800. The molecule has 0 heterocycles. The second-order valence-corrected chi connectivity index (χ2v) is 22.3. The van der Waals surface area contributed by atoms with E-state index in [2.05, 4.69) is 74.7 Å². The number of rotatable bonds is 52. The van der Waals surface area contributed by atoms with Gasteiger partial charge in [-0.25, -0.2) is 4.57 Å². The molecule has 0 aliphatic heterocycles. The largest absolute Gasteiger partial charge is 0.472 e. The number of ether oxygens (including phenoxy) is 1. The number of hydrogen-bond acceptors (Lipinski definition) is 6. The van der Waals surface area contributed by atoms with Crippen LogP contribution >= 0.6 is 7.82 Å². The molecule has 1 amide bonds. The van der Waals surface area contributed by atoms with Gasteiger partial charge in [-0.2, -0.15) is 0 Å². The molecule has 3 unspecified atom stereocenters. The second-order valence-electron chi connectivity index (χ2n) is 20.8. The molecule has 0 saturated heterocycles.